The number of carbonyl (C=O) groups excluding carboxylic acids is 2. The second-order valence-electron chi connectivity index (χ2n) is 8.55. The van der Waals surface area contributed by atoms with Gasteiger partial charge in [0.2, 0.25) is 0 Å². The molecule has 0 spiro atoms. The maximum atomic E-state index is 13.2. The molecule has 2 heterocycles. The van der Waals surface area contributed by atoms with E-state index in [1.54, 1.807) is 11.8 Å². The third-order valence-corrected chi connectivity index (χ3v) is 8.05. The summed E-state index contributed by atoms with van der Waals surface area (Å²) in [7, 11) is -3.14. The third-order valence-electron chi connectivity index (χ3n) is 6.30. The summed E-state index contributed by atoms with van der Waals surface area (Å²) in [4.78, 5) is 27.7. The highest BCUT2D eigenvalue weighted by Crippen LogP contribution is 2.29. The van der Waals surface area contributed by atoms with E-state index in [9.17, 15) is 18.0 Å². The summed E-state index contributed by atoms with van der Waals surface area (Å²) >= 11 is 0. The molecule has 0 radical (unpaired) electrons. The zero-order valence-corrected chi connectivity index (χ0v) is 19.0. The van der Waals surface area contributed by atoms with Crippen molar-refractivity contribution >= 4 is 21.7 Å². The molecule has 0 bridgehead atoms. The summed E-state index contributed by atoms with van der Waals surface area (Å²) in [5.74, 6) is -0.644. The van der Waals surface area contributed by atoms with E-state index in [1.165, 1.54) is 0 Å². The fourth-order valence-electron chi connectivity index (χ4n) is 4.74. The van der Waals surface area contributed by atoms with Crippen molar-refractivity contribution in [1.82, 2.24) is 10.1 Å². The van der Waals surface area contributed by atoms with Crippen molar-refractivity contribution < 1.29 is 27.3 Å². The number of carbonyl (C=O) groups is 2. The van der Waals surface area contributed by atoms with Crippen LogP contribution in [-0.4, -0.2) is 60.5 Å². The van der Waals surface area contributed by atoms with Crippen molar-refractivity contribution in [3.63, 3.8) is 0 Å². The van der Waals surface area contributed by atoms with Gasteiger partial charge in [-0.15, -0.1) is 0 Å². The number of ether oxygens (including phenoxy) is 1. The molecule has 8 nitrogen and oxygen atoms in total. The Morgan fingerprint density at radius 2 is 1.81 bits per heavy atom. The molecule has 1 unspecified atom stereocenters. The first-order chi connectivity index (χ1) is 15.4. The molecule has 1 aliphatic carbocycles. The van der Waals surface area contributed by atoms with Crippen molar-refractivity contribution in [2.24, 2.45) is 0 Å². The molecular formula is C23H28N2O6S. The van der Waals surface area contributed by atoms with E-state index in [0.29, 0.717) is 23.4 Å². The average Bonchev–Trinajstić information content (AvgIpc) is 3.35. The van der Waals surface area contributed by atoms with Crippen molar-refractivity contribution in [2.45, 2.75) is 57.5 Å². The van der Waals surface area contributed by atoms with Crippen LogP contribution in [0.4, 0.5) is 0 Å². The summed E-state index contributed by atoms with van der Waals surface area (Å²) in [5.41, 5.74) is 1.27. The van der Waals surface area contributed by atoms with Crippen LogP contribution in [0.25, 0.3) is 11.3 Å². The number of aryl methyl sites for hydroxylation is 1. The fraction of sp³-hybridized carbons (Fsp3) is 0.522. The van der Waals surface area contributed by atoms with Crippen molar-refractivity contribution in [1.29, 1.82) is 0 Å². The summed E-state index contributed by atoms with van der Waals surface area (Å²) in [6.07, 6.45) is 5.26. The summed E-state index contributed by atoms with van der Waals surface area (Å²) in [6, 6.07) is 8.77. The quantitative estimate of drug-likeness (QED) is 0.610. The Hall–Kier alpha value is -2.68. The Morgan fingerprint density at radius 3 is 2.47 bits per heavy atom. The number of rotatable bonds is 6. The molecule has 0 N–H and O–H groups in total. The van der Waals surface area contributed by atoms with Crippen LogP contribution in [0.5, 0.6) is 0 Å². The number of hydrogen-bond acceptors (Lipinski definition) is 7. The molecule has 1 amide bonds. The van der Waals surface area contributed by atoms with Gasteiger partial charge in [0.1, 0.15) is 17.0 Å². The van der Waals surface area contributed by atoms with Crippen LogP contribution in [0, 0.1) is 6.92 Å². The Kier molecular flexibility index (Phi) is 6.64. The summed E-state index contributed by atoms with van der Waals surface area (Å²) in [5, 5.41) is 3.98. The minimum atomic E-state index is -3.14. The van der Waals surface area contributed by atoms with Crippen molar-refractivity contribution in [2.75, 3.05) is 18.1 Å². The maximum absolute atomic E-state index is 13.2. The van der Waals surface area contributed by atoms with Gasteiger partial charge in [0, 0.05) is 17.6 Å². The predicted molar refractivity (Wildman–Crippen MR) is 118 cm³/mol. The first-order valence-electron chi connectivity index (χ1n) is 11.1. The molecule has 1 saturated heterocycles. The highest BCUT2D eigenvalue weighted by atomic mass is 32.2. The zero-order valence-electron chi connectivity index (χ0n) is 18.2. The second-order valence-corrected chi connectivity index (χ2v) is 10.8. The van der Waals surface area contributed by atoms with Crippen LogP contribution < -0.4 is 0 Å². The van der Waals surface area contributed by atoms with E-state index < -0.39 is 22.4 Å². The van der Waals surface area contributed by atoms with E-state index in [-0.39, 0.29) is 35.1 Å². The van der Waals surface area contributed by atoms with Gasteiger partial charge in [-0.2, -0.15) is 0 Å². The van der Waals surface area contributed by atoms with E-state index in [4.69, 9.17) is 9.26 Å². The van der Waals surface area contributed by atoms with E-state index in [1.807, 2.05) is 30.3 Å². The van der Waals surface area contributed by atoms with Crippen molar-refractivity contribution in [3.8, 4) is 11.3 Å². The molecule has 2 aromatic rings. The van der Waals surface area contributed by atoms with Gasteiger partial charge in [-0.25, -0.2) is 13.2 Å². The van der Waals surface area contributed by atoms with Crippen LogP contribution in [0.3, 0.4) is 0 Å². The maximum Gasteiger partial charge on any atom is 0.344 e. The van der Waals surface area contributed by atoms with Gasteiger partial charge in [-0.1, -0.05) is 54.8 Å². The number of aromatic nitrogens is 1. The highest BCUT2D eigenvalue weighted by molar-refractivity contribution is 7.91. The van der Waals surface area contributed by atoms with E-state index >= 15 is 0 Å². The molecule has 1 aliphatic heterocycles. The molecule has 9 heteroatoms. The predicted octanol–water partition coefficient (Wildman–Crippen LogP) is 3.16. The number of hydrogen-bond donors (Lipinski definition) is 0. The van der Waals surface area contributed by atoms with Gasteiger partial charge in [-0.05, 0) is 26.2 Å². The van der Waals surface area contributed by atoms with Crippen LogP contribution in [0.1, 0.15) is 54.6 Å². The molecule has 1 saturated carbocycles. The average molecular weight is 461 g/mol. The van der Waals surface area contributed by atoms with Gasteiger partial charge in [-0.3, -0.25) is 4.79 Å². The second kappa shape index (κ2) is 9.44. The summed E-state index contributed by atoms with van der Waals surface area (Å²) in [6.45, 7) is 1.18. The number of esters is 1. The van der Waals surface area contributed by atoms with Gasteiger partial charge in [0.25, 0.3) is 5.91 Å². The Bertz CT molecular complexity index is 1070. The van der Waals surface area contributed by atoms with Gasteiger partial charge < -0.3 is 14.2 Å². The van der Waals surface area contributed by atoms with Crippen molar-refractivity contribution in [3.05, 3.63) is 41.7 Å². The number of sulfone groups is 1. The largest absolute Gasteiger partial charge is 0.452 e. The first-order valence-corrected chi connectivity index (χ1v) is 12.9. The number of benzene rings is 1. The topological polar surface area (TPSA) is 107 Å². The van der Waals surface area contributed by atoms with Gasteiger partial charge in [0.15, 0.2) is 16.4 Å². The molecule has 1 aromatic carbocycles. The highest BCUT2D eigenvalue weighted by Gasteiger charge is 2.39. The molecule has 172 valence electrons. The lowest BCUT2D eigenvalue weighted by atomic mass is 9.93. The SMILES string of the molecule is Cc1onc(-c2ccccc2)c1C(=O)OCC(=O)N(C1CCCCC1)C1CCS(=O)(=O)C1. The molecule has 32 heavy (non-hydrogen) atoms. The smallest absolute Gasteiger partial charge is 0.344 e. The van der Waals surface area contributed by atoms with Crippen LogP contribution >= 0.6 is 0 Å². The third kappa shape index (κ3) is 4.87. The fourth-order valence-corrected chi connectivity index (χ4v) is 6.45. The lowest BCUT2D eigenvalue weighted by Gasteiger charge is -2.38. The zero-order chi connectivity index (χ0) is 22.7. The molecular weight excluding hydrogens is 432 g/mol. The van der Waals surface area contributed by atoms with E-state index in [2.05, 4.69) is 5.16 Å². The first kappa shape index (κ1) is 22.5. The molecule has 2 fully saturated rings. The molecule has 4 rings (SSSR count). The minimum absolute atomic E-state index is 0.00883. The molecule has 1 aromatic heterocycles. The lowest BCUT2D eigenvalue weighted by Crippen LogP contribution is -2.50. The number of amides is 1. The Labute approximate surface area is 187 Å². The standard InChI is InChI=1S/C23H28N2O6S/c1-16-21(22(24-31-16)17-8-4-2-5-9-17)23(27)30-14-20(26)25(18-10-6-3-7-11-18)19-12-13-32(28,29)15-19/h2,4-5,8-9,18-19H,3,6-7,10-15H2,1H3. The van der Waals surface area contributed by atoms with Crippen LogP contribution in [-0.2, 0) is 19.4 Å². The Balaban J connectivity index is 1.49. The summed E-state index contributed by atoms with van der Waals surface area (Å²) < 4.78 is 34.7. The monoisotopic (exact) mass is 460 g/mol. The number of nitrogens with zero attached hydrogens (tertiary/aromatic N) is 2. The lowest BCUT2D eigenvalue weighted by molar-refractivity contribution is -0.140. The minimum Gasteiger partial charge on any atom is -0.452 e. The van der Waals surface area contributed by atoms with Gasteiger partial charge in [0.05, 0.1) is 11.5 Å². The van der Waals surface area contributed by atoms with E-state index in [0.717, 1.165) is 32.1 Å². The van der Waals surface area contributed by atoms with Gasteiger partial charge >= 0.3 is 5.97 Å². The van der Waals surface area contributed by atoms with Crippen LogP contribution in [0.15, 0.2) is 34.9 Å². The molecule has 2 aliphatic rings. The van der Waals surface area contributed by atoms with Crippen LogP contribution in [0.2, 0.25) is 0 Å². The Morgan fingerprint density at radius 1 is 1.09 bits per heavy atom. The normalized spacial score (nSPS) is 20.7. The molecule has 1 atom stereocenters.